The van der Waals surface area contributed by atoms with Gasteiger partial charge in [0, 0.05) is 23.8 Å². The van der Waals surface area contributed by atoms with Gasteiger partial charge in [0.05, 0.1) is 7.11 Å². The van der Waals surface area contributed by atoms with Crippen molar-refractivity contribution in [3.63, 3.8) is 0 Å². The summed E-state index contributed by atoms with van der Waals surface area (Å²) in [6, 6.07) is 4.54. The van der Waals surface area contributed by atoms with Gasteiger partial charge in [-0.1, -0.05) is 0 Å². The molecule has 0 spiro atoms. The number of hydrogen-bond donors (Lipinski definition) is 2. The van der Waals surface area contributed by atoms with Crippen molar-refractivity contribution in [2.24, 2.45) is 0 Å². The topological polar surface area (TPSA) is 84.7 Å². The van der Waals surface area contributed by atoms with Crippen molar-refractivity contribution in [2.45, 2.75) is 29.7 Å². The summed E-state index contributed by atoms with van der Waals surface area (Å²) in [6.07, 6.45) is 3.13. The Labute approximate surface area is 126 Å². The number of nitrogens with one attached hydrogen (secondary N) is 1. The Morgan fingerprint density at radius 1 is 1.38 bits per heavy atom. The van der Waals surface area contributed by atoms with Crippen LogP contribution in [0.2, 0.25) is 0 Å². The molecule has 1 saturated carbocycles. The number of nitrogen functional groups attached to an aromatic ring is 1. The summed E-state index contributed by atoms with van der Waals surface area (Å²) < 4.78 is 32.8. The molecule has 1 aromatic carbocycles. The summed E-state index contributed by atoms with van der Waals surface area (Å²) in [6.45, 7) is 0.399. The largest absolute Gasteiger partial charge is 0.495 e. The fraction of sp³-hybridized carbons (Fsp3) is 0.571. The van der Waals surface area contributed by atoms with E-state index in [-0.39, 0.29) is 16.2 Å². The molecule has 0 bridgehead atoms. The highest BCUT2D eigenvalue weighted by molar-refractivity contribution is 7.89. The Kier molecular flexibility index (Phi) is 4.46. The number of nitrogens with two attached hydrogens (primary N) is 1. The lowest BCUT2D eigenvalue weighted by atomic mass is 9.76. The molecule has 118 valence electrons. The molecular formula is C14H23N3O3S. The lowest BCUT2D eigenvalue weighted by molar-refractivity contribution is 0.0656. The molecule has 0 radical (unpaired) electrons. The van der Waals surface area contributed by atoms with Gasteiger partial charge in [-0.05, 0) is 45.5 Å². The van der Waals surface area contributed by atoms with E-state index in [0.717, 1.165) is 19.3 Å². The Morgan fingerprint density at radius 2 is 2.05 bits per heavy atom. The van der Waals surface area contributed by atoms with Gasteiger partial charge in [0.1, 0.15) is 10.6 Å². The van der Waals surface area contributed by atoms with Crippen molar-refractivity contribution in [3.8, 4) is 5.75 Å². The van der Waals surface area contributed by atoms with Gasteiger partial charge in [-0.15, -0.1) is 0 Å². The second-order valence-electron chi connectivity index (χ2n) is 5.71. The highest BCUT2D eigenvalue weighted by Gasteiger charge is 2.40. The number of nitrogens with zero attached hydrogens (tertiary/aromatic N) is 1. The predicted molar refractivity (Wildman–Crippen MR) is 82.9 cm³/mol. The Bertz CT molecular complexity index is 610. The van der Waals surface area contributed by atoms with Crippen LogP contribution in [0.4, 0.5) is 5.69 Å². The number of benzene rings is 1. The molecule has 0 unspecified atom stereocenters. The maximum absolute atomic E-state index is 12.5. The molecule has 6 nitrogen and oxygen atoms in total. The highest BCUT2D eigenvalue weighted by Crippen LogP contribution is 2.36. The number of likely N-dealkylation sites (N-methyl/N-ethyl adjacent to an activating group) is 1. The van der Waals surface area contributed by atoms with Crippen molar-refractivity contribution in [3.05, 3.63) is 18.2 Å². The van der Waals surface area contributed by atoms with Crippen molar-refractivity contribution < 1.29 is 13.2 Å². The summed E-state index contributed by atoms with van der Waals surface area (Å²) >= 11 is 0. The normalized spacial score (nSPS) is 17.5. The van der Waals surface area contributed by atoms with Gasteiger partial charge in [-0.3, -0.25) is 0 Å². The molecule has 1 aliphatic carbocycles. The van der Waals surface area contributed by atoms with Gasteiger partial charge in [0.2, 0.25) is 10.0 Å². The quantitative estimate of drug-likeness (QED) is 0.767. The fourth-order valence-electron chi connectivity index (χ4n) is 2.58. The molecule has 7 heteroatoms. The minimum Gasteiger partial charge on any atom is -0.495 e. The third kappa shape index (κ3) is 3.14. The van der Waals surface area contributed by atoms with Gasteiger partial charge >= 0.3 is 0 Å². The predicted octanol–water partition coefficient (Wildman–Crippen LogP) is 1.04. The number of ether oxygens (including phenoxy) is 1. The van der Waals surface area contributed by atoms with E-state index >= 15 is 0 Å². The second kappa shape index (κ2) is 5.82. The van der Waals surface area contributed by atoms with Gasteiger partial charge in [0.25, 0.3) is 0 Å². The van der Waals surface area contributed by atoms with Crippen LogP contribution >= 0.6 is 0 Å². The highest BCUT2D eigenvalue weighted by atomic mass is 32.2. The fourth-order valence-corrected chi connectivity index (χ4v) is 3.85. The Balaban J connectivity index is 2.19. The molecule has 0 heterocycles. The zero-order valence-corrected chi connectivity index (χ0v) is 13.5. The molecule has 1 fully saturated rings. The summed E-state index contributed by atoms with van der Waals surface area (Å²) in [5.41, 5.74) is 6.05. The molecular weight excluding hydrogens is 290 g/mol. The first-order chi connectivity index (χ1) is 9.81. The van der Waals surface area contributed by atoms with Gasteiger partial charge in [-0.2, -0.15) is 0 Å². The van der Waals surface area contributed by atoms with E-state index < -0.39 is 10.0 Å². The van der Waals surface area contributed by atoms with E-state index in [1.165, 1.54) is 19.2 Å². The van der Waals surface area contributed by atoms with Crippen LogP contribution in [0.1, 0.15) is 19.3 Å². The van der Waals surface area contributed by atoms with Crippen LogP contribution in [0, 0.1) is 0 Å². The minimum absolute atomic E-state index is 0.0753. The lowest BCUT2D eigenvalue weighted by Gasteiger charge is -2.47. The SMILES string of the molecule is COc1cc(N)ccc1S(=O)(=O)NCC1(N(C)C)CCC1. The van der Waals surface area contributed by atoms with Gasteiger partial charge in [0.15, 0.2) is 0 Å². The third-order valence-electron chi connectivity index (χ3n) is 4.30. The van der Waals surface area contributed by atoms with Crippen LogP contribution < -0.4 is 15.2 Å². The van der Waals surface area contributed by atoms with Crippen LogP contribution in [-0.4, -0.2) is 46.6 Å². The maximum Gasteiger partial charge on any atom is 0.244 e. The molecule has 2 rings (SSSR count). The number of anilines is 1. The van der Waals surface area contributed by atoms with Crippen LogP contribution in [0.3, 0.4) is 0 Å². The smallest absolute Gasteiger partial charge is 0.244 e. The second-order valence-corrected chi connectivity index (χ2v) is 7.44. The van der Waals surface area contributed by atoms with Crippen molar-refractivity contribution in [1.29, 1.82) is 0 Å². The third-order valence-corrected chi connectivity index (χ3v) is 5.74. The van der Waals surface area contributed by atoms with Crippen molar-refractivity contribution in [1.82, 2.24) is 9.62 Å². The number of methoxy groups -OCH3 is 1. The summed E-state index contributed by atoms with van der Waals surface area (Å²) in [5.74, 6) is 0.259. The first-order valence-electron chi connectivity index (χ1n) is 6.91. The number of rotatable bonds is 6. The van der Waals surface area contributed by atoms with Gasteiger partial charge in [-0.25, -0.2) is 13.1 Å². The molecule has 21 heavy (non-hydrogen) atoms. The van der Waals surface area contributed by atoms with E-state index in [9.17, 15) is 8.42 Å². The maximum atomic E-state index is 12.5. The molecule has 0 saturated heterocycles. The van der Waals surface area contributed by atoms with E-state index in [1.807, 2.05) is 14.1 Å². The molecule has 0 aliphatic heterocycles. The summed E-state index contributed by atoms with van der Waals surface area (Å²) in [5, 5.41) is 0. The number of hydrogen-bond acceptors (Lipinski definition) is 5. The van der Waals surface area contributed by atoms with E-state index in [2.05, 4.69) is 9.62 Å². The van der Waals surface area contributed by atoms with Gasteiger partial charge < -0.3 is 15.4 Å². The lowest BCUT2D eigenvalue weighted by Crippen LogP contribution is -2.57. The number of sulfonamides is 1. The first-order valence-corrected chi connectivity index (χ1v) is 8.40. The van der Waals surface area contributed by atoms with Crippen LogP contribution in [0.5, 0.6) is 5.75 Å². The average Bonchev–Trinajstić information content (AvgIpc) is 2.36. The minimum atomic E-state index is -3.62. The van der Waals surface area contributed by atoms with Crippen molar-refractivity contribution in [2.75, 3.05) is 33.5 Å². The van der Waals surface area contributed by atoms with Crippen molar-refractivity contribution >= 4 is 15.7 Å². The van der Waals surface area contributed by atoms with E-state index in [4.69, 9.17) is 10.5 Å². The summed E-state index contributed by atoms with van der Waals surface area (Å²) in [4.78, 5) is 2.21. The summed E-state index contributed by atoms with van der Waals surface area (Å²) in [7, 11) is 1.78. The molecule has 1 aliphatic rings. The molecule has 3 N–H and O–H groups in total. The van der Waals surface area contributed by atoms with E-state index in [1.54, 1.807) is 6.07 Å². The monoisotopic (exact) mass is 313 g/mol. The standard InChI is InChI=1S/C14H23N3O3S/c1-17(2)14(7-4-8-14)10-16-21(18,19)13-6-5-11(15)9-12(13)20-3/h5-6,9,16H,4,7-8,10,15H2,1-3H3. The van der Waals surface area contributed by atoms with Crippen LogP contribution in [0.15, 0.2) is 23.1 Å². The van der Waals surface area contributed by atoms with Crippen LogP contribution in [-0.2, 0) is 10.0 Å². The zero-order chi connectivity index (χ0) is 15.7. The molecule has 0 aromatic heterocycles. The zero-order valence-electron chi connectivity index (χ0n) is 12.7. The van der Waals surface area contributed by atoms with Crippen LogP contribution in [0.25, 0.3) is 0 Å². The molecule has 1 aromatic rings. The average molecular weight is 313 g/mol. The van der Waals surface area contributed by atoms with E-state index in [0.29, 0.717) is 12.2 Å². The Morgan fingerprint density at radius 3 is 2.52 bits per heavy atom. The Hall–Kier alpha value is -1.31. The first kappa shape index (κ1) is 16.1. The molecule has 0 amide bonds. The molecule has 0 atom stereocenters.